The van der Waals surface area contributed by atoms with Gasteiger partial charge in [0.1, 0.15) is 11.6 Å². The summed E-state index contributed by atoms with van der Waals surface area (Å²) in [5.41, 5.74) is 3.97. The summed E-state index contributed by atoms with van der Waals surface area (Å²) in [4.78, 5) is 26.0. The number of aldehydes is 1. The minimum Gasteiger partial charge on any atom is -0.493 e. The van der Waals surface area contributed by atoms with E-state index in [0.717, 1.165) is 22.8 Å². The van der Waals surface area contributed by atoms with Gasteiger partial charge in [-0.25, -0.2) is 4.39 Å². The van der Waals surface area contributed by atoms with E-state index in [1.165, 1.54) is 12.1 Å². The Bertz CT molecular complexity index is 1300. The first-order valence-electron chi connectivity index (χ1n) is 10.2. The van der Waals surface area contributed by atoms with Gasteiger partial charge in [0.25, 0.3) is 5.91 Å². The van der Waals surface area contributed by atoms with Crippen LogP contribution in [0.5, 0.6) is 5.75 Å². The summed E-state index contributed by atoms with van der Waals surface area (Å²) in [6.45, 7) is 2.59. The van der Waals surface area contributed by atoms with Crippen LogP contribution in [0.15, 0.2) is 60.8 Å². The normalized spacial score (nSPS) is 10.8. The van der Waals surface area contributed by atoms with E-state index in [1.54, 1.807) is 54.5 Å². The number of hydrogen-bond donors (Lipinski definition) is 1. The molecule has 6 nitrogen and oxygen atoms in total. The third kappa shape index (κ3) is 4.09. The first-order valence-corrected chi connectivity index (χ1v) is 10.2. The topological polar surface area (TPSA) is 75.3 Å². The molecule has 1 heterocycles. The van der Waals surface area contributed by atoms with Crippen molar-refractivity contribution in [2.24, 2.45) is 0 Å². The minimum atomic E-state index is -0.337. The van der Waals surface area contributed by atoms with E-state index in [-0.39, 0.29) is 11.7 Å². The molecule has 0 saturated heterocycles. The lowest BCUT2D eigenvalue weighted by Gasteiger charge is -2.19. The van der Waals surface area contributed by atoms with Gasteiger partial charge in [0.15, 0.2) is 6.29 Å². The molecule has 0 spiro atoms. The summed E-state index contributed by atoms with van der Waals surface area (Å²) in [5.74, 6) is -0.0110. The number of carbonyl (C=O) groups is 2. The van der Waals surface area contributed by atoms with Crippen molar-refractivity contribution in [1.29, 1.82) is 0 Å². The molecule has 0 fully saturated rings. The molecule has 0 aliphatic rings. The molecule has 0 radical (unpaired) electrons. The van der Waals surface area contributed by atoms with Crippen LogP contribution >= 0.6 is 0 Å². The van der Waals surface area contributed by atoms with Crippen LogP contribution in [0.1, 0.15) is 33.2 Å². The highest BCUT2D eigenvalue weighted by Gasteiger charge is 2.18. The van der Waals surface area contributed by atoms with E-state index in [1.807, 2.05) is 13.0 Å². The second-order valence-electron chi connectivity index (χ2n) is 7.41. The number of ether oxygens (including phenoxy) is 1. The SMILES string of the molecule is CCOc1cc(C(=O)N(C)Cc2ccc(C=O)c3cn[nH]c23)ccc1-c1cccc(F)c1. The Balaban J connectivity index is 1.62. The number of rotatable bonds is 7. The number of nitrogens with one attached hydrogen (secondary N) is 1. The molecule has 7 heteroatoms. The number of aromatic nitrogens is 2. The summed E-state index contributed by atoms with van der Waals surface area (Å²) in [7, 11) is 1.71. The average molecular weight is 431 g/mol. The van der Waals surface area contributed by atoms with E-state index < -0.39 is 0 Å². The van der Waals surface area contributed by atoms with Gasteiger partial charge in [0.2, 0.25) is 0 Å². The number of benzene rings is 3. The first-order chi connectivity index (χ1) is 15.5. The van der Waals surface area contributed by atoms with E-state index in [9.17, 15) is 14.0 Å². The maximum atomic E-state index is 13.7. The van der Waals surface area contributed by atoms with Gasteiger partial charge in [0.05, 0.1) is 18.3 Å². The number of hydrogen-bond acceptors (Lipinski definition) is 4. The Labute approximate surface area is 184 Å². The van der Waals surface area contributed by atoms with Gasteiger partial charge in [0, 0.05) is 35.7 Å². The zero-order valence-electron chi connectivity index (χ0n) is 17.8. The van der Waals surface area contributed by atoms with Crippen LogP contribution in [-0.4, -0.2) is 40.9 Å². The van der Waals surface area contributed by atoms with E-state index in [0.29, 0.717) is 41.2 Å². The lowest BCUT2D eigenvalue weighted by molar-refractivity contribution is 0.0785. The molecule has 1 N–H and O–H groups in total. The van der Waals surface area contributed by atoms with Crippen molar-refractivity contribution < 1.29 is 18.7 Å². The maximum Gasteiger partial charge on any atom is 0.254 e. The minimum absolute atomic E-state index is 0.191. The van der Waals surface area contributed by atoms with Crippen LogP contribution in [-0.2, 0) is 6.54 Å². The second kappa shape index (κ2) is 9.01. The van der Waals surface area contributed by atoms with Gasteiger partial charge < -0.3 is 9.64 Å². The predicted octanol–water partition coefficient (Wildman–Crippen LogP) is 4.85. The van der Waals surface area contributed by atoms with Crippen LogP contribution in [0.2, 0.25) is 0 Å². The molecular formula is C25H22FN3O3. The van der Waals surface area contributed by atoms with E-state index in [2.05, 4.69) is 10.2 Å². The summed E-state index contributed by atoms with van der Waals surface area (Å²) in [6.07, 6.45) is 2.38. The number of halogens is 1. The molecule has 1 amide bonds. The Hall–Kier alpha value is -4.00. The standard InChI is InChI=1S/C25H22FN3O3/c1-3-32-23-12-17(9-10-21(23)16-5-4-6-20(26)11-16)25(31)29(2)14-18-7-8-19(15-30)22-13-27-28-24(18)22/h4-13,15H,3,14H2,1-2H3,(H,27,28). The zero-order chi connectivity index (χ0) is 22.7. The van der Waals surface area contributed by atoms with E-state index >= 15 is 0 Å². The number of amides is 1. The van der Waals surface area contributed by atoms with Crippen molar-refractivity contribution in [1.82, 2.24) is 15.1 Å². The number of fused-ring (bicyclic) bond motifs is 1. The van der Waals surface area contributed by atoms with Crippen molar-refractivity contribution in [2.75, 3.05) is 13.7 Å². The molecule has 0 saturated carbocycles. The molecule has 0 atom stereocenters. The fraction of sp³-hybridized carbons (Fsp3) is 0.160. The number of nitrogens with zero attached hydrogens (tertiary/aromatic N) is 2. The number of H-pyrrole nitrogens is 1. The Morgan fingerprint density at radius 2 is 2.03 bits per heavy atom. The van der Waals surface area contributed by atoms with Crippen molar-refractivity contribution in [3.05, 3.63) is 83.3 Å². The lowest BCUT2D eigenvalue weighted by Crippen LogP contribution is -2.26. The van der Waals surface area contributed by atoms with Gasteiger partial charge in [-0.3, -0.25) is 14.7 Å². The smallest absolute Gasteiger partial charge is 0.254 e. The molecule has 0 aliphatic carbocycles. The molecule has 0 aliphatic heterocycles. The molecule has 4 aromatic rings. The predicted molar refractivity (Wildman–Crippen MR) is 120 cm³/mol. The molecule has 0 unspecified atom stereocenters. The van der Waals surface area contributed by atoms with Gasteiger partial charge >= 0.3 is 0 Å². The van der Waals surface area contributed by atoms with Crippen molar-refractivity contribution in [3.8, 4) is 16.9 Å². The summed E-state index contributed by atoms with van der Waals surface area (Å²) >= 11 is 0. The van der Waals surface area contributed by atoms with Gasteiger partial charge in [-0.05, 0) is 48.4 Å². The van der Waals surface area contributed by atoms with Crippen LogP contribution < -0.4 is 4.74 Å². The average Bonchev–Trinajstić information content (AvgIpc) is 3.29. The Morgan fingerprint density at radius 3 is 2.78 bits per heavy atom. The largest absolute Gasteiger partial charge is 0.493 e. The van der Waals surface area contributed by atoms with Crippen molar-refractivity contribution in [3.63, 3.8) is 0 Å². The molecule has 0 bridgehead atoms. The van der Waals surface area contributed by atoms with Gasteiger partial charge in [-0.15, -0.1) is 0 Å². The molecule has 162 valence electrons. The molecule has 1 aromatic heterocycles. The summed E-state index contributed by atoms with van der Waals surface area (Å²) < 4.78 is 19.5. The highest BCUT2D eigenvalue weighted by Crippen LogP contribution is 2.32. The van der Waals surface area contributed by atoms with Crippen LogP contribution in [0, 0.1) is 5.82 Å². The van der Waals surface area contributed by atoms with Crippen LogP contribution in [0.3, 0.4) is 0 Å². The molecule has 3 aromatic carbocycles. The second-order valence-corrected chi connectivity index (χ2v) is 7.41. The summed E-state index contributed by atoms with van der Waals surface area (Å²) in [5, 5.41) is 7.65. The highest BCUT2D eigenvalue weighted by molar-refractivity contribution is 5.98. The maximum absolute atomic E-state index is 13.7. The monoisotopic (exact) mass is 431 g/mol. The van der Waals surface area contributed by atoms with Crippen LogP contribution in [0.25, 0.3) is 22.0 Å². The molecule has 32 heavy (non-hydrogen) atoms. The lowest BCUT2D eigenvalue weighted by atomic mass is 10.0. The Kier molecular flexibility index (Phi) is 5.98. The quantitative estimate of drug-likeness (QED) is 0.425. The van der Waals surface area contributed by atoms with E-state index in [4.69, 9.17) is 4.74 Å². The Morgan fingerprint density at radius 1 is 1.19 bits per heavy atom. The van der Waals surface area contributed by atoms with Gasteiger partial charge in [-0.2, -0.15) is 5.10 Å². The van der Waals surface area contributed by atoms with Gasteiger partial charge in [-0.1, -0.05) is 24.3 Å². The van der Waals surface area contributed by atoms with Crippen molar-refractivity contribution in [2.45, 2.75) is 13.5 Å². The zero-order valence-corrected chi connectivity index (χ0v) is 17.8. The number of carbonyl (C=O) groups excluding carboxylic acids is 2. The fourth-order valence-electron chi connectivity index (χ4n) is 3.72. The number of aromatic amines is 1. The molecule has 4 rings (SSSR count). The van der Waals surface area contributed by atoms with Crippen molar-refractivity contribution >= 4 is 23.1 Å². The summed E-state index contributed by atoms with van der Waals surface area (Å²) in [6, 6.07) is 15.0. The molecular weight excluding hydrogens is 409 g/mol. The highest BCUT2D eigenvalue weighted by atomic mass is 19.1. The third-order valence-corrected chi connectivity index (χ3v) is 5.28. The van der Waals surface area contributed by atoms with Crippen LogP contribution in [0.4, 0.5) is 4.39 Å². The fourth-order valence-corrected chi connectivity index (χ4v) is 3.72. The first kappa shape index (κ1) is 21.2. The third-order valence-electron chi connectivity index (χ3n) is 5.28.